The van der Waals surface area contributed by atoms with Crippen LogP contribution >= 0.6 is 0 Å². The number of hydrogen-bond acceptors (Lipinski definition) is 3. The zero-order chi connectivity index (χ0) is 17.7. The first-order valence-corrected chi connectivity index (χ1v) is 8.49. The molecule has 0 radical (unpaired) electrons. The smallest absolute Gasteiger partial charge is 0.338 e. The Morgan fingerprint density at radius 3 is 2.62 bits per heavy atom. The molecule has 0 aliphatic rings. The Bertz CT molecular complexity index is 750. The van der Waals surface area contributed by atoms with E-state index in [4.69, 9.17) is 4.74 Å². The van der Waals surface area contributed by atoms with Gasteiger partial charge in [-0.1, -0.05) is 6.92 Å². The largest absolute Gasteiger partial charge is 0.462 e. The molecule has 0 saturated heterocycles. The Kier molecular flexibility index (Phi) is 5.95. The number of ether oxygens (including phenoxy) is 1. The van der Waals surface area contributed by atoms with E-state index < -0.39 is 0 Å². The second kappa shape index (κ2) is 7.95. The Balaban J connectivity index is 2.47. The number of amides is 1. The highest BCUT2D eigenvalue weighted by molar-refractivity contribution is 5.93. The van der Waals surface area contributed by atoms with Crippen molar-refractivity contribution in [3.8, 4) is 0 Å². The van der Waals surface area contributed by atoms with Gasteiger partial charge in [0.15, 0.2) is 17.6 Å². The van der Waals surface area contributed by atoms with Crippen molar-refractivity contribution >= 4 is 22.9 Å². The molecule has 0 fully saturated rings. The number of rotatable bonds is 7. The van der Waals surface area contributed by atoms with Crippen molar-refractivity contribution in [3.63, 3.8) is 0 Å². The summed E-state index contributed by atoms with van der Waals surface area (Å²) in [6.07, 6.45) is 0.902. The Morgan fingerprint density at radius 2 is 2.00 bits per heavy atom. The number of esters is 1. The fourth-order valence-electron chi connectivity index (χ4n) is 2.87. The van der Waals surface area contributed by atoms with E-state index in [2.05, 4.69) is 16.8 Å². The molecular formula is C18H26N3O3+. The third kappa shape index (κ3) is 3.58. The predicted octanol–water partition coefficient (Wildman–Crippen LogP) is 1.96. The van der Waals surface area contributed by atoms with Gasteiger partial charge in [-0.2, -0.15) is 0 Å². The molecule has 0 saturated carbocycles. The Labute approximate surface area is 142 Å². The molecule has 0 aliphatic carbocycles. The molecule has 2 rings (SSSR count). The number of carbonyl (C=O) groups excluding carboxylic acids is 2. The van der Waals surface area contributed by atoms with Crippen LogP contribution in [0.5, 0.6) is 0 Å². The van der Waals surface area contributed by atoms with Crippen molar-refractivity contribution in [2.24, 2.45) is 0 Å². The highest BCUT2D eigenvalue weighted by Crippen LogP contribution is 2.17. The second-order valence-electron chi connectivity index (χ2n) is 5.65. The third-order valence-electron chi connectivity index (χ3n) is 4.04. The zero-order valence-electron chi connectivity index (χ0n) is 14.9. The summed E-state index contributed by atoms with van der Waals surface area (Å²) in [5.74, 6) is 0.616. The number of aryl methyl sites for hydroxylation is 1. The molecule has 0 unspecified atom stereocenters. The minimum absolute atomic E-state index is 0.0263. The zero-order valence-corrected chi connectivity index (χ0v) is 14.9. The van der Waals surface area contributed by atoms with Crippen molar-refractivity contribution < 1.29 is 18.9 Å². The minimum atomic E-state index is -0.344. The lowest BCUT2D eigenvalue weighted by Crippen LogP contribution is -2.36. The number of aromatic nitrogens is 2. The van der Waals surface area contributed by atoms with Gasteiger partial charge in [0.1, 0.15) is 0 Å². The van der Waals surface area contributed by atoms with Gasteiger partial charge in [-0.3, -0.25) is 4.79 Å². The van der Waals surface area contributed by atoms with Gasteiger partial charge < -0.3 is 10.1 Å². The van der Waals surface area contributed by atoms with Gasteiger partial charge in [-0.25, -0.2) is 13.9 Å². The van der Waals surface area contributed by atoms with E-state index in [0.717, 1.165) is 29.8 Å². The van der Waals surface area contributed by atoms with E-state index in [1.807, 2.05) is 24.5 Å². The summed E-state index contributed by atoms with van der Waals surface area (Å²) in [6, 6.07) is 5.49. The quantitative estimate of drug-likeness (QED) is 0.623. The van der Waals surface area contributed by atoms with Crippen LogP contribution in [0.2, 0.25) is 0 Å². The van der Waals surface area contributed by atoms with E-state index >= 15 is 0 Å². The van der Waals surface area contributed by atoms with Crippen molar-refractivity contribution in [3.05, 3.63) is 29.6 Å². The monoisotopic (exact) mass is 332 g/mol. The SMILES string of the molecule is CCCNC(=O)Cn1c(C)[n+](CC)c2ccc(C(=O)OCC)cc21. The summed E-state index contributed by atoms with van der Waals surface area (Å²) in [5.41, 5.74) is 2.37. The summed E-state index contributed by atoms with van der Waals surface area (Å²) >= 11 is 0. The van der Waals surface area contributed by atoms with Gasteiger partial charge in [0.05, 0.1) is 18.7 Å². The number of fused-ring (bicyclic) bond motifs is 1. The van der Waals surface area contributed by atoms with Crippen LogP contribution in [-0.4, -0.2) is 29.6 Å². The molecule has 0 bridgehead atoms. The summed E-state index contributed by atoms with van der Waals surface area (Å²) in [7, 11) is 0. The van der Waals surface area contributed by atoms with E-state index in [-0.39, 0.29) is 18.4 Å². The topological polar surface area (TPSA) is 64.2 Å². The maximum atomic E-state index is 12.2. The summed E-state index contributed by atoms with van der Waals surface area (Å²) in [6.45, 7) is 9.89. The Morgan fingerprint density at radius 1 is 1.25 bits per heavy atom. The molecule has 0 aliphatic heterocycles. The number of carbonyl (C=O) groups is 2. The second-order valence-corrected chi connectivity index (χ2v) is 5.65. The Hall–Kier alpha value is -2.37. The summed E-state index contributed by atoms with van der Waals surface area (Å²) in [5, 5.41) is 2.90. The molecule has 24 heavy (non-hydrogen) atoms. The number of benzene rings is 1. The molecule has 0 spiro atoms. The van der Waals surface area contributed by atoms with Crippen LogP contribution in [0.1, 0.15) is 43.4 Å². The van der Waals surface area contributed by atoms with Crippen molar-refractivity contribution in [2.75, 3.05) is 13.2 Å². The maximum absolute atomic E-state index is 12.2. The first kappa shape index (κ1) is 18.0. The number of nitrogens with one attached hydrogen (secondary N) is 1. The van der Waals surface area contributed by atoms with E-state index in [1.165, 1.54) is 0 Å². The van der Waals surface area contributed by atoms with Gasteiger partial charge in [-0.05, 0) is 32.4 Å². The lowest BCUT2D eigenvalue weighted by Gasteiger charge is -2.04. The van der Waals surface area contributed by atoms with Crippen LogP contribution in [0, 0.1) is 6.92 Å². The molecule has 6 heteroatoms. The molecule has 1 heterocycles. The molecule has 130 valence electrons. The van der Waals surface area contributed by atoms with Gasteiger partial charge in [0.25, 0.3) is 11.7 Å². The van der Waals surface area contributed by atoms with E-state index in [9.17, 15) is 9.59 Å². The number of imidazole rings is 1. The first-order chi connectivity index (χ1) is 11.5. The van der Waals surface area contributed by atoms with E-state index in [1.54, 1.807) is 19.1 Å². The highest BCUT2D eigenvalue weighted by atomic mass is 16.5. The van der Waals surface area contributed by atoms with Crippen LogP contribution in [0.4, 0.5) is 0 Å². The first-order valence-electron chi connectivity index (χ1n) is 8.49. The fraction of sp³-hybridized carbons (Fsp3) is 0.500. The molecule has 1 aromatic heterocycles. The molecule has 0 atom stereocenters. The summed E-state index contributed by atoms with van der Waals surface area (Å²) in [4.78, 5) is 24.2. The number of hydrogen-bond donors (Lipinski definition) is 1. The minimum Gasteiger partial charge on any atom is -0.462 e. The van der Waals surface area contributed by atoms with Gasteiger partial charge in [0.2, 0.25) is 0 Å². The maximum Gasteiger partial charge on any atom is 0.338 e. The summed E-state index contributed by atoms with van der Waals surface area (Å²) < 4.78 is 9.17. The molecule has 6 nitrogen and oxygen atoms in total. The molecule has 1 aromatic carbocycles. The van der Waals surface area contributed by atoms with Gasteiger partial charge >= 0.3 is 5.97 Å². The predicted molar refractivity (Wildman–Crippen MR) is 91.8 cm³/mol. The van der Waals surface area contributed by atoms with Gasteiger partial charge in [0, 0.05) is 19.5 Å². The molecule has 1 N–H and O–H groups in total. The van der Waals surface area contributed by atoms with E-state index in [0.29, 0.717) is 18.7 Å². The van der Waals surface area contributed by atoms with Crippen LogP contribution in [0.25, 0.3) is 11.0 Å². The third-order valence-corrected chi connectivity index (χ3v) is 4.04. The highest BCUT2D eigenvalue weighted by Gasteiger charge is 2.24. The molecule has 1 amide bonds. The standard InChI is InChI=1S/C18H25N3O3/c1-5-10-19-17(22)12-21-13(4)20(6-2)15-9-8-14(11-16(15)21)18(23)24-7-3/h8-9,11H,5-7,10,12H2,1-4H3/p+1. The fourth-order valence-corrected chi connectivity index (χ4v) is 2.87. The normalized spacial score (nSPS) is 10.8. The van der Waals surface area contributed by atoms with Crippen LogP contribution < -0.4 is 9.88 Å². The average Bonchev–Trinajstić information content (AvgIpc) is 2.84. The van der Waals surface area contributed by atoms with Crippen LogP contribution in [-0.2, 0) is 22.6 Å². The van der Waals surface area contributed by atoms with Gasteiger partial charge in [-0.15, -0.1) is 0 Å². The molecular weight excluding hydrogens is 306 g/mol. The molecule has 2 aromatic rings. The van der Waals surface area contributed by atoms with Crippen molar-refractivity contribution in [2.45, 2.75) is 47.2 Å². The van der Waals surface area contributed by atoms with Crippen LogP contribution in [0.15, 0.2) is 18.2 Å². The van der Waals surface area contributed by atoms with Crippen LogP contribution in [0.3, 0.4) is 0 Å². The average molecular weight is 332 g/mol. The lowest BCUT2D eigenvalue weighted by atomic mass is 10.2. The number of nitrogens with zero attached hydrogens (tertiary/aromatic N) is 2. The lowest BCUT2D eigenvalue weighted by molar-refractivity contribution is -0.674. The van der Waals surface area contributed by atoms with Crippen molar-refractivity contribution in [1.29, 1.82) is 0 Å². The van der Waals surface area contributed by atoms with Crippen molar-refractivity contribution in [1.82, 2.24) is 9.88 Å².